The molecule has 1 heterocycles. The third-order valence-electron chi connectivity index (χ3n) is 2.36. The summed E-state index contributed by atoms with van der Waals surface area (Å²) in [4.78, 5) is 14.0. The Morgan fingerprint density at radius 2 is 2.29 bits per heavy atom. The average Bonchev–Trinajstić information content (AvgIpc) is 2.75. The summed E-state index contributed by atoms with van der Waals surface area (Å²) in [5.41, 5.74) is 0. The molecule has 0 spiro atoms. The number of nitrogens with zero attached hydrogens (tertiary/aromatic N) is 2. The van der Waals surface area contributed by atoms with Crippen LogP contribution in [-0.4, -0.2) is 15.9 Å². The van der Waals surface area contributed by atoms with Crippen LogP contribution in [0.2, 0.25) is 0 Å². The van der Waals surface area contributed by atoms with Gasteiger partial charge in [-0.25, -0.2) is 4.98 Å². The van der Waals surface area contributed by atoms with Gasteiger partial charge >= 0.3 is 5.00 Å². The van der Waals surface area contributed by atoms with Crippen LogP contribution in [0.4, 0.5) is 10.1 Å². The predicted molar refractivity (Wildman–Crippen MR) is 54.6 cm³/mol. The van der Waals surface area contributed by atoms with Crippen LogP contribution in [0, 0.1) is 10.1 Å². The van der Waals surface area contributed by atoms with E-state index in [-0.39, 0.29) is 5.00 Å². The van der Waals surface area contributed by atoms with Crippen molar-refractivity contribution in [2.45, 2.75) is 31.7 Å². The number of thiazole rings is 1. The van der Waals surface area contributed by atoms with E-state index in [4.69, 9.17) is 0 Å². The minimum absolute atomic E-state index is 0.102. The average molecular weight is 213 g/mol. The van der Waals surface area contributed by atoms with Gasteiger partial charge in [-0.05, 0) is 24.2 Å². The molecule has 76 valence electrons. The molecule has 1 fully saturated rings. The fourth-order valence-electron chi connectivity index (χ4n) is 1.66. The van der Waals surface area contributed by atoms with Crippen LogP contribution in [-0.2, 0) is 0 Å². The minimum atomic E-state index is -0.405. The van der Waals surface area contributed by atoms with Gasteiger partial charge in [-0.15, -0.1) is 0 Å². The van der Waals surface area contributed by atoms with Gasteiger partial charge in [0.25, 0.3) is 0 Å². The van der Waals surface area contributed by atoms with Gasteiger partial charge in [0.05, 0.1) is 4.92 Å². The first kappa shape index (κ1) is 9.39. The predicted octanol–water partition coefficient (Wildman–Crippen LogP) is 2.41. The molecule has 0 radical (unpaired) electrons. The van der Waals surface area contributed by atoms with E-state index >= 15 is 0 Å². The summed E-state index contributed by atoms with van der Waals surface area (Å²) < 4.78 is 0. The lowest BCUT2D eigenvalue weighted by atomic mass is 10.3. The number of nitrogens with one attached hydrogen (secondary N) is 1. The summed E-state index contributed by atoms with van der Waals surface area (Å²) >= 11 is 1.11. The molecular formula is C8H11N3O2S. The molecule has 0 aliphatic heterocycles. The van der Waals surface area contributed by atoms with Crippen molar-refractivity contribution in [3.63, 3.8) is 0 Å². The highest BCUT2D eigenvalue weighted by Gasteiger charge is 2.17. The second kappa shape index (κ2) is 3.91. The molecule has 1 aromatic heterocycles. The number of rotatable bonds is 3. The molecule has 1 saturated carbocycles. The second-order valence-electron chi connectivity index (χ2n) is 3.39. The zero-order valence-electron chi connectivity index (χ0n) is 7.60. The van der Waals surface area contributed by atoms with Crippen LogP contribution in [0.1, 0.15) is 25.7 Å². The van der Waals surface area contributed by atoms with E-state index in [0.717, 1.165) is 24.2 Å². The van der Waals surface area contributed by atoms with Crippen molar-refractivity contribution in [2.75, 3.05) is 5.32 Å². The van der Waals surface area contributed by atoms with E-state index in [1.165, 1.54) is 19.0 Å². The number of nitro groups is 1. The highest BCUT2D eigenvalue weighted by Crippen LogP contribution is 2.28. The van der Waals surface area contributed by atoms with Gasteiger partial charge < -0.3 is 5.32 Å². The molecule has 1 aromatic rings. The molecule has 0 bridgehead atoms. The summed E-state index contributed by atoms with van der Waals surface area (Å²) in [5.74, 6) is 0. The van der Waals surface area contributed by atoms with Gasteiger partial charge in [-0.3, -0.25) is 10.1 Å². The Morgan fingerprint density at radius 3 is 2.86 bits per heavy atom. The monoisotopic (exact) mass is 213 g/mol. The topological polar surface area (TPSA) is 68.1 Å². The summed E-state index contributed by atoms with van der Waals surface area (Å²) in [5, 5.41) is 14.4. The first-order valence-corrected chi connectivity index (χ1v) is 5.44. The number of anilines is 1. The van der Waals surface area contributed by atoms with Crippen LogP contribution < -0.4 is 5.32 Å². The molecule has 0 saturated heterocycles. The zero-order valence-corrected chi connectivity index (χ0v) is 8.42. The fraction of sp³-hybridized carbons (Fsp3) is 0.625. The largest absolute Gasteiger partial charge is 0.359 e. The molecule has 0 unspecified atom stereocenters. The van der Waals surface area contributed by atoms with Crippen molar-refractivity contribution in [2.24, 2.45) is 0 Å². The molecule has 0 amide bonds. The van der Waals surface area contributed by atoms with Crippen LogP contribution in [0.5, 0.6) is 0 Å². The maximum atomic E-state index is 10.4. The lowest BCUT2D eigenvalue weighted by Crippen LogP contribution is -2.13. The Labute approximate surface area is 85.3 Å². The van der Waals surface area contributed by atoms with Gasteiger partial charge in [0, 0.05) is 6.04 Å². The van der Waals surface area contributed by atoms with E-state index in [9.17, 15) is 10.1 Å². The van der Waals surface area contributed by atoms with Crippen molar-refractivity contribution in [3.8, 4) is 0 Å². The second-order valence-corrected chi connectivity index (χ2v) is 4.40. The van der Waals surface area contributed by atoms with Crippen LogP contribution in [0.15, 0.2) is 6.20 Å². The molecule has 6 heteroatoms. The molecule has 0 atom stereocenters. The van der Waals surface area contributed by atoms with Gasteiger partial charge in [-0.1, -0.05) is 12.8 Å². The lowest BCUT2D eigenvalue weighted by molar-refractivity contribution is -0.380. The first-order chi connectivity index (χ1) is 6.75. The maximum absolute atomic E-state index is 10.4. The van der Waals surface area contributed by atoms with E-state index in [1.54, 1.807) is 0 Å². The highest BCUT2D eigenvalue weighted by molar-refractivity contribution is 7.18. The molecule has 0 aromatic carbocycles. The lowest BCUT2D eigenvalue weighted by Gasteiger charge is -2.08. The first-order valence-electron chi connectivity index (χ1n) is 4.62. The number of hydrogen-bond donors (Lipinski definition) is 1. The summed E-state index contributed by atoms with van der Waals surface area (Å²) in [6, 6.07) is 0.459. The van der Waals surface area contributed by atoms with Crippen LogP contribution in [0.25, 0.3) is 0 Å². The molecule has 1 aliphatic carbocycles. The van der Waals surface area contributed by atoms with Crippen molar-refractivity contribution in [3.05, 3.63) is 16.3 Å². The Hall–Kier alpha value is -1.17. The Bertz CT molecular complexity index is 333. The van der Waals surface area contributed by atoms with Crippen molar-refractivity contribution < 1.29 is 4.92 Å². The van der Waals surface area contributed by atoms with Crippen LogP contribution in [0.3, 0.4) is 0 Å². The molecule has 1 aliphatic rings. The standard InChI is InChI=1S/C8H11N3O2S/c12-11(13)7-5-9-8(14-7)10-6-3-1-2-4-6/h5-6H,1-4H2,(H,9,10). The van der Waals surface area contributed by atoms with Crippen molar-refractivity contribution >= 4 is 21.5 Å². The smallest absolute Gasteiger partial charge is 0.345 e. The van der Waals surface area contributed by atoms with E-state index in [1.807, 2.05) is 0 Å². The highest BCUT2D eigenvalue weighted by atomic mass is 32.1. The van der Waals surface area contributed by atoms with Gasteiger partial charge in [-0.2, -0.15) is 0 Å². The number of aromatic nitrogens is 1. The van der Waals surface area contributed by atoms with Gasteiger partial charge in [0.1, 0.15) is 6.20 Å². The van der Waals surface area contributed by atoms with Gasteiger partial charge in [0.2, 0.25) is 0 Å². The molecule has 14 heavy (non-hydrogen) atoms. The van der Waals surface area contributed by atoms with Gasteiger partial charge in [0.15, 0.2) is 5.13 Å². The van der Waals surface area contributed by atoms with E-state index < -0.39 is 4.92 Å². The zero-order chi connectivity index (χ0) is 9.97. The van der Waals surface area contributed by atoms with Crippen LogP contribution >= 0.6 is 11.3 Å². The Morgan fingerprint density at radius 1 is 1.57 bits per heavy atom. The molecule has 2 rings (SSSR count). The third kappa shape index (κ3) is 2.01. The normalized spacial score (nSPS) is 17.1. The van der Waals surface area contributed by atoms with E-state index in [2.05, 4.69) is 10.3 Å². The summed E-state index contributed by atoms with van der Waals surface area (Å²) in [7, 11) is 0. The molecular weight excluding hydrogens is 202 g/mol. The Kier molecular flexibility index (Phi) is 2.62. The molecule has 5 nitrogen and oxygen atoms in total. The summed E-state index contributed by atoms with van der Waals surface area (Å²) in [6.45, 7) is 0. The fourth-order valence-corrected chi connectivity index (χ4v) is 2.37. The van der Waals surface area contributed by atoms with Crippen molar-refractivity contribution in [1.82, 2.24) is 4.98 Å². The molecule has 1 N–H and O–H groups in total. The third-order valence-corrected chi connectivity index (χ3v) is 3.24. The summed E-state index contributed by atoms with van der Waals surface area (Å²) in [6.07, 6.45) is 6.08. The minimum Gasteiger partial charge on any atom is -0.359 e. The maximum Gasteiger partial charge on any atom is 0.345 e. The Balaban J connectivity index is 1.98. The quantitative estimate of drug-likeness (QED) is 0.618. The van der Waals surface area contributed by atoms with Crippen molar-refractivity contribution in [1.29, 1.82) is 0 Å². The number of hydrogen-bond acceptors (Lipinski definition) is 5. The SMILES string of the molecule is O=[N+]([O-])c1cnc(NC2CCCC2)s1. The van der Waals surface area contributed by atoms with E-state index in [0.29, 0.717) is 11.2 Å².